The van der Waals surface area contributed by atoms with Crippen molar-refractivity contribution in [2.45, 2.75) is 13.8 Å². The van der Waals surface area contributed by atoms with E-state index in [-0.39, 0.29) is 12.5 Å². The predicted molar refractivity (Wildman–Crippen MR) is 95.4 cm³/mol. The number of anilines is 1. The van der Waals surface area contributed by atoms with Gasteiger partial charge >= 0.3 is 0 Å². The second kappa shape index (κ2) is 8.14. The maximum absolute atomic E-state index is 11.8. The molecule has 2 aromatic carbocycles. The van der Waals surface area contributed by atoms with E-state index < -0.39 is 0 Å². The lowest BCUT2D eigenvalue weighted by Gasteiger charge is -2.13. The van der Waals surface area contributed by atoms with Crippen LogP contribution in [0.15, 0.2) is 48.5 Å². The van der Waals surface area contributed by atoms with Crippen molar-refractivity contribution >= 4 is 28.9 Å². The first-order valence-corrected chi connectivity index (χ1v) is 7.57. The highest BCUT2D eigenvalue weighted by atomic mass is 32.1. The molecule has 23 heavy (non-hydrogen) atoms. The number of ether oxygens (including phenoxy) is 1. The fourth-order valence-corrected chi connectivity index (χ4v) is 2.18. The summed E-state index contributed by atoms with van der Waals surface area (Å²) in [6.07, 6.45) is 0. The van der Waals surface area contributed by atoms with Crippen LogP contribution >= 0.6 is 12.2 Å². The summed E-state index contributed by atoms with van der Waals surface area (Å²) in [5.41, 5.74) is 7.96. The molecule has 120 valence electrons. The third kappa shape index (κ3) is 5.27. The van der Waals surface area contributed by atoms with E-state index in [9.17, 15) is 4.79 Å². The zero-order chi connectivity index (χ0) is 16.7. The van der Waals surface area contributed by atoms with Gasteiger partial charge < -0.3 is 10.1 Å². The molecule has 0 fully saturated rings. The standard InChI is InChI=1S/C17H19N3O2S/c1-12-7-6-8-13(2)16(12)22-11-15(21)19-20-17(23)18-14-9-4-3-5-10-14/h3-10H,11H2,1-2H3,(H,19,21)(H2,18,20,23). The summed E-state index contributed by atoms with van der Waals surface area (Å²) in [5, 5.41) is 3.26. The molecule has 0 saturated heterocycles. The lowest BCUT2D eigenvalue weighted by molar-refractivity contribution is -0.123. The predicted octanol–water partition coefficient (Wildman–Crippen LogP) is 2.70. The van der Waals surface area contributed by atoms with Gasteiger partial charge in [0.1, 0.15) is 5.75 Å². The fourth-order valence-electron chi connectivity index (χ4n) is 2.01. The van der Waals surface area contributed by atoms with Crippen molar-refractivity contribution in [3.05, 3.63) is 59.7 Å². The molecule has 0 unspecified atom stereocenters. The molecule has 0 atom stereocenters. The van der Waals surface area contributed by atoms with Crippen LogP contribution in [0.25, 0.3) is 0 Å². The number of amides is 1. The average molecular weight is 329 g/mol. The maximum atomic E-state index is 11.8. The maximum Gasteiger partial charge on any atom is 0.276 e. The van der Waals surface area contributed by atoms with Crippen LogP contribution in [0.5, 0.6) is 5.75 Å². The molecular weight excluding hydrogens is 310 g/mol. The number of benzene rings is 2. The highest BCUT2D eigenvalue weighted by Crippen LogP contribution is 2.21. The minimum absolute atomic E-state index is 0.0906. The molecule has 5 nitrogen and oxygen atoms in total. The normalized spacial score (nSPS) is 9.83. The minimum Gasteiger partial charge on any atom is -0.483 e. The quantitative estimate of drug-likeness (QED) is 0.595. The van der Waals surface area contributed by atoms with Crippen molar-refractivity contribution < 1.29 is 9.53 Å². The van der Waals surface area contributed by atoms with Crippen LogP contribution in [0.3, 0.4) is 0 Å². The molecule has 3 N–H and O–H groups in total. The smallest absolute Gasteiger partial charge is 0.276 e. The first-order valence-electron chi connectivity index (χ1n) is 7.16. The van der Waals surface area contributed by atoms with Crippen LogP contribution in [-0.2, 0) is 4.79 Å². The number of carbonyl (C=O) groups excluding carboxylic acids is 1. The van der Waals surface area contributed by atoms with Crippen molar-refractivity contribution in [3.63, 3.8) is 0 Å². The molecule has 2 rings (SSSR count). The number of thiocarbonyl (C=S) groups is 1. The van der Waals surface area contributed by atoms with Crippen molar-refractivity contribution in [2.24, 2.45) is 0 Å². The largest absolute Gasteiger partial charge is 0.483 e. The summed E-state index contributed by atoms with van der Waals surface area (Å²) in [6, 6.07) is 15.3. The van der Waals surface area contributed by atoms with Crippen molar-refractivity contribution in [1.82, 2.24) is 10.9 Å². The summed E-state index contributed by atoms with van der Waals surface area (Å²) < 4.78 is 5.56. The van der Waals surface area contributed by atoms with E-state index in [4.69, 9.17) is 17.0 Å². The molecule has 0 aliphatic rings. The van der Waals surface area contributed by atoms with Gasteiger partial charge in [-0.05, 0) is 49.3 Å². The summed E-state index contributed by atoms with van der Waals surface area (Å²) in [7, 11) is 0. The van der Waals surface area contributed by atoms with E-state index in [1.807, 2.05) is 62.4 Å². The Hall–Kier alpha value is -2.60. The molecule has 2 aromatic rings. The Morgan fingerprint density at radius 3 is 2.30 bits per heavy atom. The van der Waals surface area contributed by atoms with E-state index in [0.717, 1.165) is 22.6 Å². The third-order valence-electron chi connectivity index (χ3n) is 3.10. The topological polar surface area (TPSA) is 62.4 Å². The zero-order valence-corrected chi connectivity index (χ0v) is 13.9. The van der Waals surface area contributed by atoms with Crippen molar-refractivity contribution in [2.75, 3.05) is 11.9 Å². The van der Waals surface area contributed by atoms with Gasteiger partial charge in [0.05, 0.1) is 0 Å². The molecule has 0 aliphatic carbocycles. The number of para-hydroxylation sites is 2. The summed E-state index contributed by atoms with van der Waals surface area (Å²) in [6.45, 7) is 3.79. The van der Waals surface area contributed by atoms with Gasteiger partial charge in [-0.25, -0.2) is 0 Å². The second-order valence-electron chi connectivity index (χ2n) is 5.00. The van der Waals surface area contributed by atoms with Gasteiger partial charge in [-0.1, -0.05) is 36.4 Å². The number of rotatable bonds is 4. The van der Waals surface area contributed by atoms with E-state index in [1.165, 1.54) is 0 Å². The molecule has 0 radical (unpaired) electrons. The molecule has 0 aliphatic heterocycles. The fraction of sp³-hybridized carbons (Fsp3) is 0.176. The Labute approximate surface area is 141 Å². The molecule has 0 spiro atoms. The first-order chi connectivity index (χ1) is 11.1. The molecule has 0 saturated carbocycles. The minimum atomic E-state index is -0.315. The molecule has 0 bridgehead atoms. The van der Waals surface area contributed by atoms with Gasteiger partial charge in [0.25, 0.3) is 5.91 Å². The molecule has 0 aromatic heterocycles. The van der Waals surface area contributed by atoms with Crippen molar-refractivity contribution in [3.8, 4) is 5.75 Å². The van der Waals surface area contributed by atoms with E-state index in [1.54, 1.807) is 0 Å². The van der Waals surface area contributed by atoms with Crippen molar-refractivity contribution in [1.29, 1.82) is 0 Å². The SMILES string of the molecule is Cc1cccc(C)c1OCC(=O)NNC(=S)Nc1ccccc1. The first kappa shape index (κ1) is 16.8. The Morgan fingerprint density at radius 2 is 1.65 bits per heavy atom. The van der Waals surface area contributed by atoms with Gasteiger partial charge in [-0.15, -0.1) is 0 Å². The zero-order valence-electron chi connectivity index (χ0n) is 13.1. The van der Waals surface area contributed by atoms with Crippen LogP contribution < -0.4 is 20.9 Å². The lowest BCUT2D eigenvalue weighted by atomic mass is 10.1. The monoisotopic (exact) mass is 329 g/mol. The second-order valence-corrected chi connectivity index (χ2v) is 5.41. The van der Waals surface area contributed by atoms with E-state index in [2.05, 4.69) is 16.2 Å². The number of hydrazine groups is 1. The van der Waals surface area contributed by atoms with Gasteiger partial charge in [0.15, 0.2) is 11.7 Å². The van der Waals surface area contributed by atoms with Gasteiger partial charge in [-0.2, -0.15) is 0 Å². The highest BCUT2D eigenvalue weighted by molar-refractivity contribution is 7.80. The van der Waals surface area contributed by atoms with Gasteiger partial charge in [0, 0.05) is 5.69 Å². The number of aryl methyl sites for hydroxylation is 2. The van der Waals surface area contributed by atoms with Crippen LogP contribution in [0.4, 0.5) is 5.69 Å². The Bertz CT molecular complexity index is 669. The number of hydrogen-bond donors (Lipinski definition) is 3. The average Bonchev–Trinajstić information content (AvgIpc) is 2.53. The molecule has 1 amide bonds. The van der Waals surface area contributed by atoms with Crippen LogP contribution in [0.2, 0.25) is 0 Å². The lowest BCUT2D eigenvalue weighted by Crippen LogP contribution is -2.45. The third-order valence-corrected chi connectivity index (χ3v) is 3.31. The Balaban J connectivity index is 1.76. The van der Waals surface area contributed by atoms with Crippen LogP contribution in [0.1, 0.15) is 11.1 Å². The molecule has 6 heteroatoms. The molecule has 0 heterocycles. The number of carbonyl (C=O) groups is 1. The summed E-state index contributed by atoms with van der Waals surface area (Å²) in [4.78, 5) is 11.8. The molecular formula is C17H19N3O2S. The van der Waals surface area contributed by atoms with Crippen LogP contribution in [-0.4, -0.2) is 17.6 Å². The highest BCUT2D eigenvalue weighted by Gasteiger charge is 2.07. The van der Waals surface area contributed by atoms with Crippen LogP contribution in [0, 0.1) is 13.8 Å². The van der Waals surface area contributed by atoms with Gasteiger partial charge in [0.2, 0.25) is 0 Å². The Kier molecular flexibility index (Phi) is 5.94. The van der Waals surface area contributed by atoms with Gasteiger partial charge in [-0.3, -0.25) is 15.6 Å². The number of hydrogen-bond acceptors (Lipinski definition) is 3. The summed E-state index contributed by atoms with van der Waals surface area (Å²) >= 11 is 5.10. The van der Waals surface area contributed by atoms with E-state index in [0.29, 0.717) is 5.11 Å². The number of nitrogens with one attached hydrogen (secondary N) is 3. The summed E-state index contributed by atoms with van der Waals surface area (Å²) in [5.74, 6) is 0.414. The Morgan fingerprint density at radius 1 is 1.00 bits per heavy atom. The van der Waals surface area contributed by atoms with E-state index >= 15 is 0 Å².